The summed E-state index contributed by atoms with van der Waals surface area (Å²) in [5.41, 5.74) is 1.42. The Labute approximate surface area is 110 Å². The Morgan fingerprint density at radius 3 is 2.42 bits per heavy atom. The molecule has 0 spiro atoms. The van der Waals surface area contributed by atoms with Crippen LogP contribution in [-0.4, -0.2) is 30.3 Å². The van der Waals surface area contributed by atoms with E-state index in [1.165, 1.54) is 19.4 Å². The molecule has 0 aliphatic carbocycles. The van der Waals surface area contributed by atoms with Crippen LogP contribution in [0.25, 0.3) is 11.1 Å². The summed E-state index contributed by atoms with van der Waals surface area (Å²) in [4.78, 5) is 14.8. The van der Waals surface area contributed by atoms with E-state index in [1.807, 2.05) is 24.3 Å². The van der Waals surface area contributed by atoms with E-state index in [9.17, 15) is 4.79 Å². The molecule has 0 radical (unpaired) electrons. The van der Waals surface area contributed by atoms with Gasteiger partial charge in [0, 0.05) is 23.4 Å². The second-order valence-electron chi connectivity index (χ2n) is 3.78. The molecule has 1 aromatic heterocycles. The molecule has 1 heterocycles. The zero-order valence-electron chi connectivity index (χ0n) is 10.6. The van der Waals surface area contributed by atoms with Crippen molar-refractivity contribution in [3.8, 4) is 22.6 Å². The molecule has 0 saturated carbocycles. The van der Waals surface area contributed by atoms with Gasteiger partial charge in [0.05, 0.1) is 14.2 Å². The lowest BCUT2D eigenvalue weighted by atomic mass is 10.1. The lowest BCUT2D eigenvalue weighted by Crippen LogP contribution is -2.02. The van der Waals surface area contributed by atoms with E-state index < -0.39 is 5.97 Å². The maximum atomic E-state index is 10.9. The second kappa shape index (κ2) is 5.39. The average Bonchev–Trinajstić information content (AvgIpc) is 2.46. The topological polar surface area (TPSA) is 68.7 Å². The van der Waals surface area contributed by atoms with Crippen molar-refractivity contribution in [3.63, 3.8) is 0 Å². The van der Waals surface area contributed by atoms with Crippen LogP contribution in [0.1, 0.15) is 10.5 Å². The monoisotopic (exact) mass is 259 g/mol. The van der Waals surface area contributed by atoms with Crippen LogP contribution in [0.3, 0.4) is 0 Å². The highest BCUT2D eigenvalue weighted by Crippen LogP contribution is 2.35. The molecule has 0 bridgehead atoms. The Kier molecular flexibility index (Phi) is 3.66. The minimum atomic E-state index is -1.09. The molecular weight excluding hydrogens is 246 g/mol. The van der Waals surface area contributed by atoms with E-state index in [0.29, 0.717) is 17.1 Å². The van der Waals surface area contributed by atoms with Crippen molar-refractivity contribution in [1.29, 1.82) is 0 Å². The van der Waals surface area contributed by atoms with Gasteiger partial charge in [0.1, 0.15) is 11.5 Å². The third kappa shape index (κ3) is 2.49. The van der Waals surface area contributed by atoms with Crippen molar-refractivity contribution in [2.24, 2.45) is 0 Å². The number of aromatic carboxylic acids is 1. The third-order valence-corrected chi connectivity index (χ3v) is 2.70. The Hall–Kier alpha value is -2.56. The zero-order valence-corrected chi connectivity index (χ0v) is 10.6. The van der Waals surface area contributed by atoms with E-state index in [1.54, 1.807) is 7.11 Å². The molecule has 1 N–H and O–H groups in total. The summed E-state index contributed by atoms with van der Waals surface area (Å²) in [5, 5.41) is 8.92. The smallest absolute Gasteiger partial charge is 0.354 e. The van der Waals surface area contributed by atoms with Gasteiger partial charge in [-0.1, -0.05) is 18.2 Å². The first-order valence-electron chi connectivity index (χ1n) is 5.58. The number of carboxylic acid groups (broad SMARTS) is 1. The molecule has 5 heteroatoms. The fraction of sp³-hybridized carbons (Fsp3) is 0.143. The summed E-state index contributed by atoms with van der Waals surface area (Å²) in [5.74, 6) is 0.0208. The largest absolute Gasteiger partial charge is 0.496 e. The van der Waals surface area contributed by atoms with Crippen LogP contribution in [0.5, 0.6) is 11.5 Å². The Bertz CT molecular complexity index is 610. The van der Waals surface area contributed by atoms with Crippen LogP contribution in [0.4, 0.5) is 0 Å². The summed E-state index contributed by atoms with van der Waals surface area (Å²) < 4.78 is 10.5. The molecule has 2 aromatic rings. The highest BCUT2D eigenvalue weighted by Gasteiger charge is 2.14. The minimum absolute atomic E-state index is 0.0597. The highest BCUT2D eigenvalue weighted by molar-refractivity contribution is 5.87. The molecule has 5 nitrogen and oxygen atoms in total. The van der Waals surface area contributed by atoms with Crippen LogP contribution >= 0.6 is 0 Å². The number of nitrogens with zero attached hydrogens (tertiary/aromatic N) is 1. The van der Waals surface area contributed by atoms with Crippen LogP contribution in [0.2, 0.25) is 0 Å². The van der Waals surface area contributed by atoms with E-state index in [-0.39, 0.29) is 5.69 Å². The van der Waals surface area contributed by atoms with Crippen molar-refractivity contribution < 1.29 is 19.4 Å². The molecule has 19 heavy (non-hydrogen) atoms. The number of aromatic nitrogens is 1. The lowest BCUT2D eigenvalue weighted by molar-refractivity contribution is 0.0690. The van der Waals surface area contributed by atoms with Gasteiger partial charge < -0.3 is 14.6 Å². The number of pyridine rings is 1. The fourth-order valence-corrected chi connectivity index (χ4v) is 1.79. The van der Waals surface area contributed by atoms with Gasteiger partial charge in [-0.25, -0.2) is 9.78 Å². The van der Waals surface area contributed by atoms with Crippen molar-refractivity contribution in [2.75, 3.05) is 14.2 Å². The molecule has 0 unspecified atom stereocenters. The predicted octanol–water partition coefficient (Wildman–Crippen LogP) is 2.46. The number of ether oxygens (including phenoxy) is 2. The predicted molar refractivity (Wildman–Crippen MR) is 69.7 cm³/mol. The summed E-state index contributed by atoms with van der Waals surface area (Å²) in [6.07, 6.45) is 1.47. The van der Waals surface area contributed by atoms with Crippen LogP contribution < -0.4 is 9.47 Å². The summed E-state index contributed by atoms with van der Waals surface area (Å²) in [6, 6.07) is 8.79. The number of carbonyl (C=O) groups is 1. The molecule has 0 aliphatic heterocycles. The van der Waals surface area contributed by atoms with Gasteiger partial charge in [-0.05, 0) is 6.07 Å². The zero-order chi connectivity index (χ0) is 13.8. The minimum Gasteiger partial charge on any atom is -0.496 e. The highest BCUT2D eigenvalue weighted by atomic mass is 16.5. The first-order valence-corrected chi connectivity index (χ1v) is 5.58. The number of rotatable bonds is 4. The summed E-state index contributed by atoms with van der Waals surface area (Å²) >= 11 is 0. The molecule has 0 aliphatic rings. The number of hydrogen-bond donors (Lipinski definition) is 1. The van der Waals surface area contributed by atoms with E-state index >= 15 is 0 Å². The average molecular weight is 259 g/mol. The van der Waals surface area contributed by atoms with Crippen molar-refractivity contribution in [1.82, 2.24) is 4.98 Å². The Morgan fingerprint density at radius 2 is 1.79 bits per heavy atom. The molecule has 0 atom stereocenters. The van der Waals surface area contributed by atoms with Gasteiger partial charge in [0.25, 0.3) is 0 Å². The standard InChI is InChI=1S/C14H13NO4/c1-18-12-6-4-3-5-9(12)10-8-15-11(14(16)17)7-13(10)19-2/h3-8H,1-2H3,(H,16,17). The molecule has 2 rings (SSSR count). The number of hydrogen-bond acceptors (Lipinski definition) is 4. The SMILES string of the molecule is COc1ccccc1-c1cnc(C(=O)O)cc1OC. The first-order chi connectivity index (χ1) is 9.17. The maximum absolute atomic E-state index is 10.9. The lowest BCUT2D eigenvalue weighted by Gasteiger charge is -2.12. The van der Waals surface area contributed by atoms with Gasteiger partial charge in [0.2, 0.25) is 0 Å². The van der Waals surface area contributed by atoms with E-state index in [0.717, 1.165) is 5.56 Å². The van der Waals surface area contributed by atoms with Crippen LogP contribution in [0.15, 0.2) is 36.5 Å². The molecule has 0 fully saturated rings. The van der Waals surface area contributed by atoms with Crippen molar-refractivity contribution in [2.45, 2.75) is 0 Å². The molecule has 0 amide bonds. The van der Waals surface area contributed by atoms with Gasteiger partial charge in [0.15, 0.2) is 5.69 Å². The summed E-state index contributed by atoms with van der Waals surface area (Å²) in [7, 11) is 3.06. The third-order valence-electron chi connectivity index (χ3n) is 2.70. The second-order valence-corrected chi connectivity index (χ2v) is 3.78. The number of methoxy groups -OCH3 is 2. The number of carboxylic acids is 1. The van der Waals surface area contributed by atoms with E-state index in [4.69, 9.17) is 14.6 Å². The number of para-hydroxylation sites is 1. The Balaban J connectivity index is 2.59. The van der Waals surface area contributed by atoms with Gasteiger partial charge in [-0.2, -0.15) is 0 Å². The molecule has 0 saturated heterocycles. The molecule has 98 valence electrons. The fourth-order valence-electron chi connectivity index (χ4n) is 1.79. The van der Waals surface area contributed by atoms with Crippen LogP contribution in [0, 0.1) is 0 Å². The Morgan fingerprint density at radius 1 is 1.11 bits per heavy atom. The van der Waals surface area contributed by atoms with Gasteiger partial charge in [-0.15, -0.1) is 0 Å². The van der Waals surface area contributed by atoms with E-state index in [2.05, 4.69) is 4.98 Å². The maximum Gasteiger partial charge on any atom is 0.354 e. The quantitative estimate of drug-likeness (QED) is 0.913. The van der Waals surface area contributed by atoms with Crippen LogP contribution in [-0.2, 0) is 0 Å². The molecule has 1 aromatic carbocycles. The number of benzene rings is 1. The molecular formula is C14H13NO4. The first kappa shape index (κ1) is 12.9. The van der Waals surface area contributed by atoms with Gasteiger partial charge >= 0.3 is 5.97 Å². The van der Waals surface area contributed by atoms with Crippen molar-refractivity contribution in [3.05, 3.63) is 42.2 Å². The van der Waals surface area contributed by atoms with Crippen molar-refractivity contribution >= 4 is 5.97 Å². The summed E-state index contributed by atoms with van der Waals surface area (Å²) in [6.45, 7) is 0. The normalized spacial score (nSPS) is 10.0. The van der Waals surface area contributed by atoms with Gasteiger partial charge in [-0.3, -0.25) is 0 Å².